The maximum atomic E-state index is 10.7. The molecule has 0 amide bonds. The number of nitrogens with zero attached hydrogens (tertiary/aromatic N) is 1. The lowest BCUT2D eigenvalue weighted by Crippen LogP contribution is -1.88. The van der Waals surface area contributed by atoms with Gasteiger partial charge in [0.1, 0.15) is 5.75 Å². The van der Waals surface area contributed by atoms with Crippen molar-refractivity contribution in [3.05, 3.63) is 57.1 Å². The SMILES string of the molecule is O=[N+]([O-])c1ccc(O)c(-c2ccc(Br)cc2)c1. The van der Waals surface area contributed by atoms with Crippen LogP contribution in [-0.4, -0.2) is 10.0 Å². The van der Waals surface area contributed by atoms with Gasteiger partial charge in [0.05, 0.1) is 4.92 Å². The van der Waals surface area contributed by atoms with Crippen LogP contribution in [0.25, 0.3) is 11.1 Å². The van der Waals surface area contributed by atoms with Crippen LogP contribution in [0.3, 0.4) is 0 Å². The van der Waals surface area contributed by atoms with Crippen LogP contribution < -0.4 is 0 Å². The largest absolute Gasteiger partial charge is 0.507 e. The first kappa shape index (κ1) is 11.6. The third kappa shape index (κ3) is 2.45. The van der Waals surface area contributed by atoms with Gasteiger partial charge in [-0.2, -0.15) is 0 Å². The van der Waals surface area contributed by atoms with Gasteiger partial charge in [0.2, 0.25) is 0 Å². The van der Waals surface area contributed by atoms with E-state index in [1.165, 1.54) is 18.2 Å². The molecule has 2 rings (SSSR count). The molecule has 0 saturated carbocycles. The molecule has 0 aromatic heterocycles. The van der Waals surface area contributed by atoms with Gasteiger partial charge in [0, 0.05) is 22.2 Å². The fourth-order valence-electron chi connectivity index (χ4n) is 1.50. The van der Waals surface area contributed by atoms with E-state index >= 15 is 0 Å². The van der Waals surface area contributed by atoms with Crippen molar-refractivity contribution in [3.8, 4) is 16.9 Å². The molecule has 2 aromatic rings. The van der Waals surface area contributed by atoms with Gasteiger partial charge in [0.15, 0.2) is 0 Å². The molecule has 0 radical (unpaired) electrons. The molecule has 0 spiro atoms. The summed E-state index contributed by atoms with van der Waals surface area (Å²) in [4.78, 5) is 10.2. The van der Waals surface area contributed by atoms with Gasteiger partial charge in [0.25, 0.3) is 5.69 Å². The first-order valence-electron chi connectivity index (χ1n) is 4.81. The van der Waals surface area contributed by atoms with E-state index in [0.717, 1.165) is 10.0 Å². The number of rotatable bonds is 2. The number of nitro groups is 1. The van der Waals surface area contributed by atoms with Crippen LogP contribution >= 0.6 is 15.9 Å². The van der Waals surface area contributed by atoms with E-state index in [2.05, 4.69) is 15.9 Å². The van der Waals surface area contributed by atoms with Gasteiger partial charge in [-0.3, -0.25) is 10.1 Å². The summed E-state index contributed by atoms with van der Waals surface area (Å²) < 4.78 is 0.908. The van der Waals surface area contributed by atoms with Crippen LogP contribution in [0.1, 0.15) is 0 Å². The Morgan fingerprint density at radius 1 is 1.12 bits per heavy atom. The van der Waals surface area contributed by atoms with Crippen molar-refractivity contribution in [1.82, 2.24) is 0 Å². The number of halogens is 1. The molecule has 0 unspecified atom stereocenters. The highest BCUT2D eigenvalue weighted by atomic mass is 79.9. The lowest BCUT2D eigenvalue weighted by molar-refractivity contribution is -0.384. The van der Waals surface area contributed by atoms with Crippen molar-refractivity contribution in [1.29, 1.82) is 0 Å². The Morgan fingerprint density at radius 2 is 1.76 bits per heavy atom. The highest BCUT2D eigenvalue weighted by Gasteiger charge is 2.11. The second-order valence-electron chi connectivity index (χ2n) is 3.47. The predicted molar refractivity (Wildman–Crippen MR) is 67.9 cm³/mol. The van der Waals surface area contributed by atoms with Gasteiger partial charge in [-0.05, 0) is 23.8 Å². The minimum Gasteiger partial charge on any atom is -0.507 e. The fourth-order valence-corrected chi connectivity index (χ4v) is 1.76. The second kappa shape index (κ2) is 4.55. The third-order valence-corrected chi connectivity index (χ3v) is 2.87. The lowest BCUT2D eigenvalue weighted by atomic mass is 10.0. The summed E-state index contributed by atoms with van der Waals surface area (Å²) >= 11 is 3.30. The molecule has 0 atom stereocenters. The molecule has 0 heterocycles. The number of benzene rings is 2. The molecular formula is C12H8BrNO3. The second-order valence-corrected chi connectivity index (χ2v) is 4.38. The number of hydrogen-bond donors (Lipinski definition) is 1. The Kier molecular flexibility index (Phi) is 3.10. The maximum absolute atomic E-state index is 10.7. The van der Waals surface area contributed by atoms with E-state index in [4.69, 9.17) is 0 Å². The molecule has 1 N–H and O–H groups in total. The quantitative estimate of drug-likeness (QED) is 0.678. The number of non-ortho nitro benzene ring substituents is 1. The average Bonchev–Trinajstić information content (AvgIpc) is 2.31. The van der Waals surface area contributed by atoms with Gasteiger partial charge in [-0.1, -0.05) is 28.1 Å². The van der Waals surface area contributed by atoms with Crippen LogP contribution in [0.4, 0.5) is 5.69 Å². The molecule has 0 aliphatic carbocycles. The number of nitro benzene ring substituents is 1. The maximum Gasteiger partial charge on any atom is 0.270 e. The predicted octanol–water partition coefficient (Wildman–Crippen LogP) is 3.73. The summed E-state index contributed by atoms with van der Waals surface area (Å²) in [5, 5.41) is 20.4. The van der Waals surface area contributed by atoms with Crippen LogP contribution in [0.2, 0.25) is 0 Å². The highest BCUT2D eigenvalue weighted by molar-refractivity contribution is 9.10. The summed E-state index contributed by atoms with van der Waals surface area (Å²) in [6.07, 6.45) is 0. The molecule has 2 aromatic carbocycles. The van der Waals surface area contributed by atoms with Crippen molar-refractivity contribution in [2.75, 3.05) is 0 Å². The Bertz CT molecular complexity index is 566. The summed E-state index contributed by atoms with van der Waals surface area (Å²) in [5.74, 6) is 0.0259. The van der Waals surface area contributed by atoms with E-state index < -0.39 is 4.92 Å². The molecule has 17 heavy (non-hydrogen) atoms. The molecule has 0 aliphatic heterocycles. The molecule has 0 aliphatic rings. The summed E-state index contributed by atoms with van der Waals surface area (Å²) in [5.41, 5.74) is 1.14. The average molecular weight is 294 g/mol. The van der Waals surface area contributed by atoms with Gasteiger partial charge in [-0.25, -0.2) is 0 Å². The molecular weight excluding hydrogens is 286 g/mol. The van der Waals surface area contributed by atoms with E-state index in [1.807, 2.05) is 12.1 Å². The van der Waals surface area contributed by atoms with Gasteiger partial charge in [-0.15, -0.1) is 0 Å². The first-order chi connectivity index (χ1) is 8.08. The zero-order chi connectivity index (χ0) is 12.4. The first-order valence-corrected chi connectivity index (χ1v) is 5.60. The molecule has 86 valence electrons. The molecule has 0 fully saturated rings. The zero-order valence-corrected chi connectivity index (χ0v) is 10.2. The Hall–Kier alpha value is -1.88. The van der Waals surface area contributed by atoms with Gasteiger partial charge < -0.3 is 5.11 Å². The van der Waals surface area contributed by atoms with E-state index in [-0.39, 0.29) is 11.4 Å². The normalized spacial score (nSPS) is 10.2. The van der Waals surface area contributed by atoms with Crippen molar-refractivity contribution in [2.24, 2.45) is 0 Å². The number of aromatic hydroxyl groups is 1. The summed E-state index contributed by atoms with van der Waals surface area (Å²) in [7, 11) is 0. The standard InChI is InChI=1S/C12H8BrNO3/c13-9-3-1-8(2-4-9)11-7-10(14(16)17)5-6-12(11)15/h1-7,15H. The molecule has 0 bridgehead atoms. The van der Waals surface area contributed by atoms with E-state index in [9.17, 15) is 15.2 Å². The van der Waals surface area contributed by atoms with Crippen molar-refractivity contribution in [2.45, 2.75) is 0 Å². The van der Waals surface area contributed by atoms with Crippen molar-refractivity contribution < 1.29 is 10.0 Å². The van der Waals surface area contributed by atoms with E-state index in [0.29, 0.717) is 5.56 Å². The summed E-state index contributed by atoms with van der Waals surface area (Å²) in [6.45, 7) is 0. The van der Waals surface area contributed by atoms with Crippen LogP contribution in [0, 0.1) is 10.1 Å². The minimum atomic E-state index is -0.484. The number of hydrogen-bond acceptors (Lipinski definition) is 3. The molecule has 4 nitrogen and oxygen atoms in total. The minimum absolute atomic E-state index is 0.0259. The highest BCUT2D eigenvalue weighted by Crippen LogP contribution is 2.32. The fraction of sp³-hybridized carbons (Fsp3) is 0. The zero-order valence-electron chi connectivity index (χ0n) is 8.63. The van der Waals surface area contributed by atoms with Crippen LogP contribution in [0.15, 0.2) is 46.9 Å². The Balaban J connectivity index is 2.54. The molecule has 5 heteroatoms. The number of phenols is 1. The smallest absolute Gasteiger partial charge is 0.270 e. The van der Waals surface area contributed by atoms with Crippen molar-refractivity contribution >= 4 is 21.6 Å². The van der Waals surface area contributed by atoms with Crippen molar-refractivity contribution in [3.63, 3.8) is 0 Å². The lowest BCUT2D eigenvalue weighted by Gasteiger charge is -2.04. The van der Waals surface area contributed by atoms with Gasteiger partial charge >= 0.3 is 0 Å². The topological polar surface area (TPSA) is 63.4 Å². The monoisotopic (exact) mass is 293 g/mol. The third-order valence-electron chi connectivity index (χ3n) is 2.35. The van der Waals surface area contributed by atoms with Crippen LogP contribution in [-0.2, 0) is 0 Å². The van der Waals surface area contributed by atoms with Crippen LogP contribution in [0.5, 0.6) is 5.75 Å². The number of phenolic OH excluding ortho intramolecular Hbond substituents is 1. The Morgan fingerprint density at radius 3 is 2.35 bits per heavy atom. The Labute approximate surface area is 106 Å². The molecule has 0 saturated heterocycles. The summed E-state index contributed by atoms with van der Waals surface area (Å²) in [6, 6.07) is 11.2. The van der Waals surface area contributed by atoms with E-state index in [1.54, 1.807) is 12.1 Å².